The number of hydrogen-bond acceptors (Lipinski definition) is 9. The van der Waals surface area contributed by atoms with Crippen LogP contribution in [0.15, 0.2) is 35.3 Å². The van der Waals surface area contributed by atoms with Crippen LogP contribution < -0.4 is 0 Å². The summed E-state index contributed by atoms with van der Waals surface area (Å²) in [7, 11) is 0. The maximum absolute atomic E-state index is 13.6. The lowest BCUT2D eigenvalue weighted by atomic mass is 9.73. The monoisotopic (exact) mass is 557 g/mol. The molecule has 9 nitrogen and oxygen atoms in total. The molecule has 2 aromatic rings. The van der Waals surface area contributed by atoms with E-state index in [1.165, 1.54) is 0 Å². The number of carbonyl (C=O) groups is 2. The number of Topliss-reactive ketones (excluding diaryl/α,β-unsaturated/α-hetero) is 1. The minimum Gasteiger partial charge on any atom is -0.454 e. The second-order valence-corrected chi connectivity index (χ2v) is 12.4. The number of allylic oxidation sites excluding steroid dienone is 1. The van der Waals surface area contributed by atoms with Crippen LogP contribution in [-0.2, 0) is 25.7 Å². The van der Waals surface area contributed by atoms with E-state index in [0.717, 1.165) is 32.1 Å². The summed E-state index contributed by atoms with van der Waals surface area (Å²) in [5.41, 5.74) is -0.530. The molecule has 220 valence electrons. The van der Waals surface area contributed by atoms with Crippen LogP contribution in [0.1, 0.15) is 96.6 Å². The molecule has 0 spiro atoms. The summed E-state index contributed by atoms with van der Waals surface area (Å²) in [6.45, 7) is 11.1. The molecule has 6 atom stereocenters. The van der Waals surface area contributed by atoms with Crippen LogP contribution in [0, 0.1) is 17.3 Å². The molecular formula is C31H43NO8. The van der Waals surface area contributed by atoms with Crippen molar-refractivity contribution in [2.45, 2.75) is 109 Å². The van der Waals surface area contributed by atoms with E-state index in [2.05, 4.69) is 18.5 Å². The van der Waals surface area contributed by atoms with E-state index in [-0.39, 0.29) is 43.0 Å². The van der Waals surface area contributed by atoms with E-state index in [4.69, 9.17) is 13.9 Å². The number of aliphatic hydroxyl groups excluding tert-OH is 2. The van der Waals surface area contributed by atoms with Gasteiger partial charge in [-0.05, 0) is 62.6 Å². The molecule has 0 radical (unpaired) electrons. The van der Waals surface area contributed by atoms with E-state index in [1.54, 1.807) is 25.1 Å². The number of oxazole rings is 1. The molecule has 2 fully saturated rings. The highest BCUT2D eigenvalue weighted by atomic mass is 16.8. The van der Waals surface area contributed by atoms with Gasteiger partial charge in [0, 0.05) is 17.8 Å². The number of carbonyl (C=O) groups excluding carboxylic acids is 2. The zero-order valence-corrected chi connectivity index (χ0v) is 24.0. The van der Waals surface area contributed by atoms with Crippen molar-refractivity contribution < 1.29 is 38.8 Å². The van der Waals surface area contributed by atoms with Crippen LogP contribution in [0.4, 0.5) is 0 Å². The smallest absolute Gasteiger partial charge is 0.306 e. The quantitative estimate of drug-likeness (QED) is 0.265. The van der Waals surface area contributed by atoms with Gasteiger partial charge in [-0.2, -0.15) is 0 Å². The average molecular weight is 558 g/mol. The lowest BCUT2D eigenvalue weighted by Gasteiger charge is -2.31. The van der Waals surface area contributed by atoms with Gasteiger partial charge in [-0.15, -0.1) is 6.58 Å². The molecule has 9 heteroatoms. The fourth-order valence-corrected chi connectivity index (χ4v) is 6.04. The molecule has 1 aromatic heterocycles. The lowest BCUT2D eigenvalue weighted by molar-refractivity contribution is -0.171. The average Bonchev–Trinajstić information content (AvgIpc) is 3.26. The first-order chi connectivity index (χ1) is 18.8. The molecule has 2 saturated heterocycles. The number of benzene rings is 1. The molecule has 0 saturated carbocycles. The highest BCUT2D eigenvalue weighted by Crippen LogP contribution is 2.54. The van der Waals surface area contributed by atoms with Gasteiger partial charge in [0.1, 0.15) is 23.5 Å². The Balaban J connectivity index is 1.65. The number of fused-ring (bicyclic) bond motifs is 2. The van der Waals surface area contributed by atoms with Crippen molar-refractivity contribution in [3.8, 4) is 0 Å². The van der Waals surface area contributed by atoms with Crippen LogP contribution in [0.25, 0.3) is 11.1 Å². The number of nitrogens with zero attached hydrogens (tertiary/aromatic N) is 1. The third-order valence-corrected chi connectivity index (χ3v) is 8.71. The van der Waals surface area contributed by atoms with Gasteiger partial charge in [0.2, 0.25) is 11.7 Å². The third-order valence-electron chi connectivity index (χ3n) is 8.71. The van der Waals surface area contributed by atoms with Crippen molar-refractivity contribution in [2.24, 2.45) is 17.3 Å². The molecule has 1 aromatic carbocycles. The van der Waals surface area contributed by atoms with Crippen LogP contribution in [0.5, 0.6) is 0 Å². The number of aromatic nitrogens is 1. The summed E-state index contributed by atoms with van der Waals surface area (Å²) in [6.07, 6.45) is 3.52. The number of hydrogen-bond donors (Lipinski definition) is 3. The second-order valence-electron chi connectivity index (χ2n) is 12.4. The van der Waals surface area contributed by atoms with Gasteiger partial charge >= 0.3 is 5.97 Å². The molecule has 2 aliphatic heterocycles. The molecule has 3 heterocycles. The van der Waals surface area contributed by atoms with Gasteiger partial charge in [-0.25, -0.2) is 4.98 Å². The predicted molar refractivity (Wildman–Crippen MR) is 148 cm³/mol. The normalized spacial score (nSPS) is 33.8. The lowest BCUT2D eigenvalue weighted by Crippen LogP contribution is -2.42. The van der Waals surface area contributed by atoms with Crippen LogP contribution in [-0.4, -0.2) is 49.5 Å². The summed E-state index contributed by atoms with van der Waals surface area (Å²) in [4.78, 5) is 31.0. The van der Waals surface area contributed by atoms with Crippen molar-refractivity contribution in [3.05, 3.63) is 42.3 Å². The Kier molecular flexibility index (Phi) is 8.90. The minimum atomic E-state index is -1.91. The van der Waals surface area contributed by atoms with E-state index in [0.29, 0.717) is 23.1 Å². The van der Waals surface area contributed by atoms with Gasteiger partial charge in [-0.3, -0.25) is 9.59 Å². The van der Waals surface area contributed by atoms with Crippen LogP contribution in [0.2, 0.25) is 0 Å². The first kappa shape index (κ1) is 30.4. The molecular weight excluding hydrogens is 514 g/mol. The van der Waals surface area contributed by atoms with Crippen LogP contribution >= 0.6 is 0 Å². The summed E-state index contributed by atoms with van der Waals surface area (Å²) >= 11 is 0. The van der Waals surface area contributed by atoms with E-state index in [1.807, 2.05) is 19.9 Å². The zero-order chi connectivity index (χ0) is 29.3. The van der Waals surface area contributed by atoms with Gasteiger partial charge in [0.05, 0.1) is 0 Å². The highest BCUT2D eigenvalue weighted by molar-refractivity contribution is 5.87. The summed E-state index contributed by atoms with van der Waals surface area (Å²) in [5.74, 6) is -2.10. The van der Waals surface area contributed by atoms with Crippen molar-refractivity contribution in [3.63, 3.8) is 0 Å². The molecule has 4 rings (SSSR count). The fraction of sp³-hybridized carbons (Fsp3) is 0.645. The molecule has 0 bridgehead atoms. The van der Waals surface area contributed by atoms with Crippen molar-refractivity contribution in [2.75, 3.05) is 0 Å². The summed E-state index contributed by atoms with van der Waals surface area (Å²) in [5, 5.41) is 32.2. The Morgan fingerprint density at radius 2 is 1.95 bits per heavy atom. The maximum Gasteiger partial charge on any atom is 0.306 e. The minimum absolute atomic E-state index is 0.0386. The number of aliphatic hydroxyl groups is 3. The fourth-order valence-electron chi connectivity index (χ4n) is 6.04. The first-order valence-corrected chi connectivity index (χ1v) is 14.3. The van der Waals surface area contributed by atoms with Gasteiger partial charge in [0.15, 0.2) is 17.8 Å². The van der Waals surface area contributed by atoms with Crippen molar-refractivity contribution >= 4 is 22.9 Å². The zero-order valence-electron chi connectivity index (χ0n) is 24.0. The number of epoxide rings is 1. The topological polar surface area (TPSA) is 143 Å². The summed E-state index contributed by atoms with van der Waals surface area (Å²) in [6, 6.07) is 4.83. The number of cyclic esters (lactones) is 1. The number of ether oxygens (including phenoxy) is 2. The molecule has 0 aliphatic carbocycles. The van der Waals surface area contributed by atoms with E-state index < -0.39 is 35.0 Å². The SMILES string of the molecule is C=CCCC1CC(C)CCCC2(C)OC2(O)C(O)C(c2ccc3oc(CO)nc3c2)OC(=O)CCC(C)(C)C1=O. The molecule has 2 aliphatic rings. The van der Waals surface area contributed by atoms with Crippen molar-refractivity contribution in [1.29, 1.82) is 0 Å². The van der Waals surface area contributed by atoms with E-state index in [9.17, 15) is 24.9 Å². The largest absolute Gasteiger partial charge is 0.454 e. The molecule has 6 unspecified atom stereocenters. The Morgan fingerprint density at radius 3 is 2.65 bits per heavy atom. The number of ketones is 1. The van der Waals surface area contributed by atoms with Gasteiger partial charge in [0.25, 0.3) is 0 Å². The van der Waals surface area contributed by atoms with Crippen molar-refractivity contribution in [1.82, 2.24) is 4.98 Å². The van der Waals surface area contributed by atoms with Gasteiger partial charge < -0.3 is 29.2 Å². The Morgan fingerprint density at radius 1 is 1.20 bits per heavy atom. The second kappa shape index (κ2) is 11.7. The molecule has 0 amide bonds. The van der Waals surface area contributed by atoms with Gasteiger partial charge in [-0.1, -0.05) is 45.8 Å². The standard InChI is InChI=1S/C31H43NO8/c1-6-7-10-21-16-19(2)9-8-14-30(5)31(37,40-30)28(36)26(39-25(34)13-15-29(3,4)27(21)35)20-11-12-23-22(17-20)32-24(18-33)38-23/h6,11-12,17,19,21,26,28,33,36-37H,1,7-10,13-16,18H2,2-5H3. The first-order valence-electron chi connectivity index (χ1n) is 14.3. The maximum atomic E-state index is 13.6. The van der Waals surface area contributed by atoms with Crippen LogP contribution in [0.3, 0.4) is 0 Å². The predicted octanol–water partition coefficient (Wildman–Crippen LogP) is 4.91. The van der Waals surface area contributed by atoms with E-state index >= 15 is 0 Å². The number of esters is 1. The third kappa shape index (κ3) is 6.17. The Hall–Kier alpha value is -2.59. The molecule has 40 heavy (non-hydrogen) atoms. The highest BCUT2D eigenvalue weighted by Gasteiger charge is 2.71. The molecule has 3 N–H and O–H groups in total. The summed E-state index contributed by atoms with van der Waals surface area (Å²) < 4.78 is 17.0. The Labute approximate surface area is 235 Å². The number of rotatable bonds is 5. The Bertz CT molecular complexity index is 1240.